The molecule has 0 spiro atoms. The maximum atomic E-state index is 6.34. The molecule has 3 rings (SSSR count). The molecule has 152 valence electrons. The summed E-state index contributed by atoms with van der Waals surface area (Å²) in [5.74, 6) is 1.21. The first kappa shape index (κ1) is 21.3. The van der Waals surface area contributed by atoms with Crippen molar-refractivity contribution in [3.05, 3.63) is 71.8 Å². The summed E-state index contributed by atoms with van der Waals surface area (Å²) in [6.45, 7) is 13.5. The van der Waals surface area contributed by atoms with Crippen molar-refractivity contribution in [2.75, 3.05) is 6.61 Å². The predicted molar refractivity (Wildman–Crippen MR) is 122 cm³/mol. The van der Waals surface area contributed by atoms with Crippen LogP contribution in [0.3, 0.4) is 0 Å². The Morgan fingerprint density at radius 1 is 0.964 bits per heavy atom. The van der Waals surface area contributed by atoms with Crippen LogP contribution in [0, 0.1) is 11.3 Å². The Morgan fingerprint density at radius 2 is 1.57 bits per heavy atom. The van der Waals surface area contributed by atoms with Gasteiger partial charge in [0.2, 0.25) is 0 Å². The Bertz CT molecular complexity index is 725. The van der Waals surface area contributed by atoms with E-state index in [1.807, 2.05) is 0 Å². The number of hydrogen-bond acceptors (Lipinski definition) is 2. The van der Waals surface area contributed by atoms with Gasteiger partial charge in [-0.25, -0.2) is 0 Å². The molecule has 0 bridgehead atoms. The highest BCUT2D eigenvalue weighted by atomic mass is 28.3. The Balaban J connectivity index is 1.87. The van der Waals surface area contributed by atoms with Crippen molar-refractivity contribution < 1.29 is 4.43 Å². The van der Waals surface area contributed by atoms with Crippen LogP contribution in [-0.4, -0.2) is 21.2 Å². The van der Waals surface area contributed by atoms with Gasteiger partial charge in [-0.1, -0.05) is 81.4 Å². The quantitative estimate of drug-likeness (QED) is 0.602. The van der Waals surface area contributed by atoms with Crippen molar-refractivity contribution in [2.24, 2.45) is 11.3 Å². The second-order valence-electron chi connectivity index (χ2n) is 9.88. The third-order valence-electron chi connectivity index (χ3n) is 6.25. The number of rotatable bonds is 7. The molecule has 3 atom stereocenters. The van der Waals surface area contributed by atoms with Gasteiger partial charge >= 0.3 is 0 Å². The van der Waals surface area contributed by atoms with Gasteiger partial charge in [0.15, 0.2) is 9.04 Å². The lowest BCUT2D eigenvalue weighted by molar-refractivity contribution is 0.159. The molecular weight excluding hydrogens is 358 g/mol. The lowest BCUT2D eigenvalue weighted by Gasteiger charge is -2.34. The van der Waals surface area contributed by atoms with E-state index >= 15 is 0 Å². The van der Waals surface area contributed by atoms with Crippen LogP contribution in [0.1, 0.15) is 50.7 Å². The molecule has 1 fully saturated rings. The number of benzene rings is 2. The number of hydrogen-bond donors (Lipinski definition) is 1. The summed E-state index contributed by atoms with van der Waals surface area (Å²) < 4.78 is 6.34. The normalized spacial score (nSPS) is 25.4. The SMILES string of the molecule is C[SiH](C)OCC1(NCc2ccccc2)CC(c2ccccc2)C(C(C)(C)C)C1. The van der Waals surface area contributed by atoms with Gasteiger partial charge in [-0.2, -0.15) is 0 Å². The molecule has 0 amide bonds. The van der Waals surface area contributed by atoms with Gasteiger partial charge in [0.1, 0.15) is 0 Å². The van der Waals surface area contributed by atoms with Gasteiger partial charge in [0.05, 0.1) is 6.61 Å². The zero-order chi connectivity index (χ0) is 20.2. The largest absolute Gasteiger partial charge is 0.419 e. The summed E-state index contributed by atoms with van der Waals surface area (Å²) in [6, 6.07) is 21.9. The first-order valence-corrected chi connectivity index (χ1v) is 13.5. The second-order valence-corrected chi connectivity index (χ2v) is 12.3. The van der Waals surface area contributed by atoms with Crippen LogP contribution >= 0.6 is 0 Å². The van der Waals surface area contributed by atoms with Gasteiger partial charge < -0.3 is 9.74 Å². The van der Waals surface area contributed by atoms with Gasteiger partial charge in [0, 0.05) is 12.1 Å². The molecule has 2 aromatic carbocycles. The topological polar surface area (TPSA) is 21.3 Å². The minimum absolute atomic E-state index is 0.0472. The molecule has 28 heavy (non-hydrogen) atoms. The average Bonchev–Trinajstić information content (AvgIpc) is 3.07. The summed E-state index contributed by atoms with van der Waals surface area (Å²) in [5.41, 5.74) is 3.14. The molecule has 1 saturated carbocycles. The van der Waals surface area contributed by atoms with Gasteiger partial charge in [-0.05, 0) is 54.3 Å². The molecule has 0 heterocycles. The predicted octanol–water partition coefficient (Wildman–Crippen LogP) is 5.75. The van der Waals surface area contributed by atoms with Crippen LogP contribution in [0.2, 0.25) is 13.1 Å². The minimum Gasteiger partial charge on any atom is -0.419 e. The third-order valence-corrected chi connectivity index (χ3v) is 7.08. The van der Waals surface area contributed by atoms with Crippen LogP contribution in [0.4, 0.5) is 0 Å². The zero-order valence-corrected chi connectivity index (χ0v) is 19.4. The molecule has 1 aliphatic rings. The average molecular weight is 396 g/mol. The van der Waals surface area contributed by atoms with E-state index in [2.05, 4.69) is 99.8 Å². The van der Waals surface area contributed by atoms with E-state index in [9.17, 15) is 0 Å². The summed E-state index contributed by atoms with van der Waals surface area (Å²) in [4.78, 5) is 0. The second kappa shape index (κ2) is 8.94. The highest BCUT2D eigenvalue weighted by Crippen LogP contribution is 2.52. The van der Waals surface area contributed by atoms with Crippen LogP contribution in [0.15, 0.2) is 60.7 Å². The highest BCUT2D eigenvalue weighted by Gasteiger charge is 2.49. The van der Waals surface area contributed by atoms with Crippen molar-refractivity contribution >= 4 is 9.04 Å². The van der Waals surface area contributed by atoms with E-state index in [4.69, 9.17) is 4.43 Å². The van der Waals surface area contributed by atoms with Crippen molar-refractivity contribution in [1.82, 2.24) is 5.32 Å². The summed E-state index contributed by atoms with van der Waals surface area (Å²) in [5, 5.41) is 3.97. The molecule has 1 aliphatic carbocycles. The van der Waals surface area contributed by atoms with E-state index in [1.54, 1.807) is 0 Å². The molecule has 0 saturated heterocycles. The van der Waals surface area contributed by atoms with E-state index in [1.165, 1.54) is 17.5 Å². The Morgan fingerprint density at radius 3 is 2.14 bits per heavy atom. The molecule has 3 heteroatoms. The minimum atomic E-state index is -1.07. The Hall–Kier alpha value is -1.42. The number of nitrogens with one attached hydrogen (secondary N) is 1. The fourth-order valence-electron chi connectivity index (χ4n) is 4.69. The maximum absolute atomic E-state index is 6.34. The highest BCUT2D eigenvalue weighted by molar-refractivity contribution is 6.48. The monoisotopic (exact) mass is 395 g/mol. The fraction of sp³-hybridized carbons (Fsp3) is 0.520. The fourth-order valence-corrected chi connectivity index (χ4v) is 5.35. The molecule has 1 N–H and O–H groups in total. The maximum Gasteiger partial charge on any atom is 0.170 e. The Labute approximate surface area is 173 Å². The van der Waals surface area contributed by atoms with Crippen LogP contribution in [0.25, 0.3) is 0 Å². The molecule has 0 aliphatic heterocycles. The van der Waals surface area contributed by atoms with Crippen LogP contribution < -0.4 is 5.32 Å². The summed E-state index contributed by atoms with van der Waals surface area (Å²) >= 11 is 0. The van der Waals surface area contributed by atoms with Crippen molar-refractivity contribution in [1.29, 1.82) is 0 Å². The molecule has 2 aromatic rings. The summed E-state index contributed by atoms with van der Waals surface area (Å²) in [6.07, 6.45) is 2.32. The van der Waals surface area contributed by atoms with E-state index in [0.717, 1.165) is 19.6 Å². The van der Waals surface area contributed by atoms with Crippen molar-refractivity contribution in [2.45, 2.75) is 64.7 Å². The van der Waals surface area contributed by atoms with Crippen molar-refractivity contribution in [3.63, 3.8) is 0 Å². The smallest absolute Gasteiger partial charge is 0.170 e. The van der Waals surface area contributed by atoms with Crippen LogP contribution in [-0.2, 0) is 11.0 Å². The third kappa shape index (κ3) is 5.34. The van der Waals surface area contributed by atoms with E-state index < -0.39 is 9.04 Å². The standard InChI is InChI=1S/C25H37NOSi/c1-24(2,3)23-17-25(19-27-28(4)5,26-18-20-12-8-6-9-13-20)16-22(23)21-14-10-7-11-15-21/h6-15,22-23,26,28H,16-19H2,1-5H3. The van der Waals surface area contributed by atoms with E-state index in [-0.39, 0.29) is 11.0 Å². The first-order valence-electron chi connectivity index (χ1n) is 10.7. The van der Waals surface area contributed by atoms with Crippen molar-refractivity contribution in [3.8, 4) is 0 Å². The molecule has 2 nitrogen and oxygen atoms in total. The zero-order valence-electron chi connectivity index (χ0n) is 18.2. The van der Waals surface area contributed by atoms with Gasteiger partial charge in [-0.15, -0.1) is 0 Å². The van der Waals surface area contributed by atoms with Gasteiger partial charge in [-0.3, -0.25) is 0 Å². The van der Waals surface area contributed by atoms with Crippen LogP contribution in [0.5, 0.6) is 0 Å². The molecular formula is C25H37NOSi. The van der Waals surface area contributed by atoms with E-state index in [0.29, 0.717) is 11.8 Å². The van der Waals surface area contributed by atoms with Gasteiger partial charge in [0.25, 0.3) is 0 Å². The first-order chi connectivity index (χ1) is 13.3. The lowest BCUT2D eigenvalue weighted by atomic mass is 9.72. The molecule has 0 aromatic heterocycles. The molecule has 3 unspecified atom stereocenters. The lowest BCUT2D eigenvalue weighted by Crippen LogP contribution is -2.48. The Kier molecular flexibility index (Phi) is 6.80. The summed E-state index contributed by atoms with van der Waals surface area (Å²) in [7, 11) is -1.07. The molecule has 0 radical (unpaired) electrons.